The lowest BCUT2D eigenvalue weighted by Crippen LogP contribution is -2.45. The first-order valence-electron chi connectivity index (χ1n) is 9.10. The number of carbonyl (C=O) groups is 1. The van der Waals surface area contributed by atoms with Crippen LogP contribution < -0.4 is 0 Å². The van der Waals surface area contributed by atoms with Crippen LogP contribution in [0.1, 0.15) is 56.1 Å². The molecular weight excluding hydrogens is 368 g/mol. The number of fused-ring (bicyclic) bond motifs is 5. The summed E-state index contributed by atoms with van der Waals surface area (Å²) in [7, 11) is 0. The number of hydrogen-bond acceptors (Lipinski definition) is 2. The van der Waals surface area contributed by atoms with Gasteiger partial charge in [0.25, 0.3) is 0 Å². The molecule has 1 aromatic rings. The maximum absolute atomic E-state index is 11.5. The molecule has 1 unspecified atom stereocenters. The Bertz CT molecular complexity index is 673. The summed E-state index contributed by atoms with van der Waals surface area (Å²) in [6, 6.07) is 5.89. The lowest BCUT2D eigenvalue weighted by Gasteiger charge is -2.51. The zero-order valence-electron chi connectivity index (χ0n) is 14.0. The fourth-order valence-electron chi connectivity index (χ4n) is 6.26. The lowest BCUT2D eigenvalue weighted by atomic mass is 9.54. The number of aliphatic carboxylic acids is 1. The van der Waals surface area contributed by atoms with Crippen LogP contribution in [0.5, 0.6) is 5.75 Å². The molecule has 4 heteroatoms. The van der Waals surface area contributed by atoms with E-state index in [0.717, 1.165) is 32.1 Å². The third-order valence-electron chi connectivity index (χ3n) is 7.37. The molecule has 0 bridgehead atoms. The zero-order chi connectivity index (χ0) is 17.1. The third kappa shape index (κ3) is 2.33. The summed E-state index contributed by atoms with van der Waals surface area (Å²) in [6.45, 7) is 2.34. The summed E-state index contributed by atoms with van der Waals surface area (Å²) in [4.78, 5) is 11.1. The molecule has 2 saturated carbocycles. The third-order valence-corrected chi connectivity index (χ3v) is 8.40. The maximum atomic E-state index is 11.5. The Labute approximate surface area is 151 Å². The molecule has 6 atom stereocenters. The number of carboxylic acid groups (broad SMARTS) is 1. The number of alkyl halides is 1. The average molecular weight is 393 g/mol. The molecule has 0 heterocycles. The van der Waals surface area contributed by atoms with Gasteiger partial charge in [-0.05, 0) is 90.9 Å². The molecule has 4 rings (SSSR count). The summed E-state index contributed by atoms with van der Waals surface area (Å²) in [5.74, 6) is 1.78. The van der Waals surface area contributed by atoms with Crippen LogP contribution in [0.15, 0.2) is 18.2 Å². The first-order valence-corrected chi connectivity index (χ1v) is 10.0. The minimum absolute atomic E-state index is 0.141. The van der Waals surface area contributed by atoms with Crippen LogP contribution >= 0.6 is 15.9 Å². The molecule has 3 aliphatic rings. The Morgan fingerprint density at radius 2 is 2.08 bits per heavy atom. The van der Waals surface area contributed by atoms with E-state index in [0.29, 0.717) is 23.5 Å². The molecule has 1 aromatic carbocycles. The van der Waals surface area contributed by atoms with Crippen LogP contribution in [0.3, 0.4) is 0 Å². The fourth-order valence-corrected chi connectivity index (χ4v) is 7.13. The van der Waals surface area contributed by atoms with Crippen molar-refractivity contribution in [1.29, 1.82) is 0 Å². The van der Waals surface area contributed by atoms with E-state index in [1.807, 2.05) is 12.1 Å². The maximum Gasteiger partial charge on any atom is 0.317 e. The Balaban J connectivity index is 1.64. The number of phenols is 1. The van der Waals surface area contributed by atoms with E-state index in [1.54, 1.807) is 0 Å². The van der Waals surface area contributed by atoms with E-state index in [4.69, 9.17) is 0 Å². The SMILES string of the molecule is C[C@]12CC[C@@H]3c4ccc(O)cc4CC[C@H]3[C@@H]1CC[C@@H]2C(Br)C(=O)O. The van der Waals surface area contributed by atoms with Crippen molar-refractivity contribution in [3.05, 3.63) is 29.3 Å². The van der Waals surface area contributed by atoms with Crippen molar-refractivity contribution >= 4 is 21.9 Å². The van der Waals surface area contributed by atoms with E-state index in [1.165, 1.54) is 17.5 Å². The van der Waals surface area contributed by atoms with Gasteiger partial charge in [0.05, 0.1) is 0 Å². The Morgan fingerprint density at radius 1 is 1.29 bits per heavy atom. The standard InChI is InChI=1S/C20H25BrO3/c1-20-9-8-14-13-5-3-12(22)10-11(13)2-4-15(14)16(20)6-7-17(20)18(21)19(23)24/h3,5,10,14-18,22H,2,4,6-9H2,1H3,(H,23,24)/t14-,15-,16+,17-,18?,20+/m1/s1. The number of rotatable bonds is 2. The smallest absolute Gasteiger partial charge is 0.317 e. The van der Waals surface area contributed by atoms with Crippen LogP contribution in [-0.4, -0.2) is 21.0 Å². The highest BCUT2D eigenvalue weighted by Crippen LogP contribution is 2.64. The lowest BCUT2D eigenvalue weighted by molar-refractivity contribution is -0.138. The van der Waals surface area contributed by atoms with E-state index in [9.17, 15) is 15.0 Å². The van der Waals surface area contributed by atoms with Crippen molar-refractivity contribution in [2.75, 3.05) is 0 Å². The van der Waals surface area contributed by atoms with Gasteiger partial charge in [-0.2, -0.15) is 0 Å². The molecular formula is C20H25BrO3. The van der Waals surface area contributed by atoms with E-state index in [2.05, 4.69) is 28.9 Å². The first-order chi connectivity index (χ1) is 11.4. The number of phenolic OH excluding ortho intramolecular Hbond substituents is 1. The average Bonchev–Trinajstić information content (AvgIpc) is 2.90. The molecule has 130 valence electrons. The van der Waals surface area contributed by atoms with Gasteiger partial charge >= 0.3 is 5.97 Å². The Kier molecular flexibility index (Phi) is 3.94. The number of carboxylic acids is 1. The highest BCUT2D eigenvalue weighted by atomic mass is 79.9. The molecule has 0 spiro atoms. The Morgan fingerprint density at radius 3 is 2.83 bits per heavy atom. The predicted octanol–water partition coefficient (Wildman–Crippen LogP) is 4.71. The van der Waals surface area contributed by atoms with Gasteiger partial charge in [-0.15, -0.1) is 0 Å². The molecule has 2 fully saturated rings. The highest BCUT2D eigenvalue weighted by Gasteiger charge is 2.56. The van der Waals surface area contributed by atoms with Gasteiger partial charge < -0.3 is 10.2 Å². The molecule has 24 heavy (non-hydrogen) atoms. The summed E-state index contributed by atoms with van der Waals surface area (Å²) in [5.41, 5.74) is 2.89. The van der Waals surface area contributed by atoms with E-state index >= 15 is 0 Å². The second-order valence-corrected chi connectivity index (χ2v) is 9.25. The van der Waals surface area contributed by atoms with Gasteiger partial charge in [0, 0.05) is 0 Å². The number of hydrogen-bond donors (Lipinski definition) is 2. The second-order valence-electron chi connectivity index (χ2n) is 8.27. The van der Waals surface area contributed by atoms with Crippen LogP contribution in [0.2, 0.25) is 0 Å². The van der Waals surface area contributed by atoms with Gasteiger partial charge in [-0.3, -0.25) is 4.79 Å². The van der Waals surface area contributed by atoms with Crippen molar-refractivity contribution in [2.24, 2.45) is 23.2 Å². The summed E-state index contributed by atoms with van der Waals surface area (Å²) in [6.07, 6.45) is 6.65. The highest BCUT2D eigenvalue weighted by molar-refractivity contribution is 9.10. The van der Waals surface area contributed by atoms with E-state index < -0.39 is 10.8 Å². The zero-order valence-corrected chi connectivity index (χ0v) is 15.6. The van der Waals surface area contributed by atoms with Crippen LogP contribution in [0.25, 0.3) is 0 Å². The van der Waals surface area contributed by atoms with E-state index in [-0.39, 0.29) is 11.3 Å². The van der Waals surface area contributed by atoms with Gasteiger partial charge in [0.15, 0.2) is 0 Å². The molecule has 2 N–H and O–H groups in total. The van der Waals surface area contributed by atoms with Crippen molar-refractivity contribution < 1.29 is 15.0 Å². The van der Waals surface area contributed by atoms with Gasteiger partial charge in [-0.1, -0.05) is 28.9 Å². The second kappa shape index (κ2) is 5.76. The van der Waals surface area contributed by atoms with Crippen molar-refractivity contribution in [2.45, 2.75) is 56.2 Å². The van der Waals surface area contributed by atoms with Gasteiger partial charge in [0.2, 0.25) is 0 Å². The van der Waals surface area contributed by atoms with Gasteiger partial charge in [0.1, 0.15) is 10.6 Å². The molecule has 0 amide bonds. The number of aromatic hydroxyl groups is 1. The molecule has 0 aliphatic heterocycles. The topological polar surface area (TPSA) is 57.5 Å². The monoisotopic (exact) mass is 392 g/mol. The molecule has 3 aliphatic carbocycles. The quantitative estimate of drug-likeness (QED) is 0.716. The minimum Gasteiger partial charge on any atom is -0.508 e. The fraction of sp³-hybridized carbons (Fsp3) is 0.650. The van der Waals surface area contributed by atoms with Crippen molar-refractivity contribution in [3.63, 3.8) is 0 Å². The number of benzene rings is 1. The van der Waals surface area contributed by atoms with Crippen molar-refractivity contribution in [3.8, 4) is 5.75 Å². The molecule has 0 saturated heterocycles. The Hall–Kier alpha value is -1.03. The number of halogens is 1. The summed E-state index contributed by atoms with van der Waals surface area (Å²) < 4.78 is 0. The van der Waals surface area contributed by atoms with Gasteiger partial charge in [-0.25, -0.2) is 0 Å². The minimum atomic E-state index is -0.714. The molecule has 0 aromatic heterocycles. The number of aryl methyl sites for hydroxylation is 1. The van der Waals surface area contributed by atoms with Crippen LogP contribution in [0, 0.1) is 23.2 Å². The largest absolute Gasteiger partial charge is 0.508 e. The summed E-state index contributed by atoms with van der Waals surface area (Å²) >= 11 is 3.46. The van der Waals surface area contributed by atoms with Crippen LogP contribution in [-0.2, 0) is 11.2 Å². The normalized spacial score (nSPS) is 38.8. The first kappa shape index (κ1) is 16.4. The molecule has 3 nitrogen and oxygen atoms in total. The van der Waals surface area contributed by atoms with Crippen molar-refractivity contribution in [1.82, 2.24) is 0 Å². The predicted molar refractivity (Wildman–Crippen MR) is 96.6 cm³/mol. The van der Waals surface area contributed by atoms with Crippen LogP contribution in [0.4, 0.5) is 0 Å². The molecule has 0 radical (unpaired) electrons. The summed E-state index contributed by atoms with van der Waals surface area (Å²) in [5, 5.41) is 19.2.